The number of rotatable bonds is 7. The number of carbonyl (C=O) groups is 3. The summed E-state index contributed by atoms with van der Waals surface area (Å²) in [6.07, 6.45) is 1.54. The Morgan fingerprint density at radius 2 is 1.74 bits per heavy atom. The summed E-state index contributed by atoms with van der Waals surface area (Å²) in [5.41, 5.74) is 2.98. The average Bonchev–Trinajstić information content (AvgIpc) is 3.25. The second-order valence-corrected chi connectivity index (χ2v) is 10.6. The van der Waals surface area contributed by atoms with Gasteiger partial charge in [0.2, 0.25) is 0 Å². The van der Waals surface area contributed by atoms with Crippen molar-refractivity contribution in [3.05, 3.63) is 83.2 Å². The lowest BCUT2D eigenvalue weighted by Gasteiger charge is -2.44. The highest BCUT2D eigenvalue weighted by Crippen LogP contribution is 2.39. The number of hydrogen-bond donors (Lipinski definition) is 3. The van der Waals surface area contributed by atoms with Gasteiger partial charge in [0.1, 0.15) is 17.2 Å². The molecular weight excluding hydrogens is 499 g/mol. The Kier molecular flexibility index (Phi) is 6.72. The molecule has 1 saturated carbocycles. The van der Waals surface area contributed by atoms with Crippen molar-refractivity contribution in [3.8, 4) is 22.5 Å². The molecule has 3 N–H and O–H groups in total. The van der Waals surface area contributed by atoms with Crippen molar-refractivity contribution in [2.75, 3.05) is 7.05 Å². The van der Waals surface area contributed by atoms with Gasteiger partial charge in [-0.1, -0.05) is 19.1 Å². The average molecular weight is 529 g/mol. The fourth-order valence-corrected chi connectivity index (χ4v) is 5.67. The molecule has 5 rings (SSSR count). The molecule has 1 heterocycles. The number of hydrogen-bond acceptors (Lipinski definition) is 4. The van der Waals surface area contributed by atoms with Crippen molar-refractivity contribution in [3.63, 3.8) is 0 Å². The van der Waals surface area contributed by atoms with Gasteiger partial charge in [-0.05, 0) is 90.9 Å². The number of benzene rings is 3. The largest absolute Gasteiger partial charge is 0.481 e. The highest BCUT2D eigenvalue weighted by Gasteiger charge is 2.38. The molecule has 0 aliphatic heterocycles. The van der Waals surface area contributed by atoms with E-state index >= 15 is 0 Å². The molecule has 2 amide bonds. The second kappa shape index (κ2) is 10.0. The number of furan rings is 1. The maximum Gasteiger partial charge on any atom is 0.307 e. The fourth-order valence-electron chi connectivity index (χ4n) is 5.67. The molecule has 1 aliphatic carbocycles. The molecule has 200 valence electrons. The van der Waals surface area contributed by atoms with Crippen molar-refractivity contribution in [2.45, 2.75) is 38.6 Å². The summed E-state index contributed by atoms with van der Waals surface area (Å²) in [6, 6.07) is 15.9. The molecule has 0 bridgehead atoms. The molecule has 3 aromatic carbocycles. The van der Waals surface area contributed by atoms with E-state index in [2.05, 4.69) is 17.6 Å². The smallest absolute Gasteiger partial charge is 0.307 e. The summed E-state index contributed by atoms with van der Waals surface area (Å²) in [5, 5.41) is 15.9. The Labute approximate surface area is 225 Å². The molecule has 1 aromatic heterocycles. The Hall–Kier alpha value is -4.46. The van der Waals surface area contributed by atoms with Gasteiger partial charge >= 0.3 is 5.97 Å². The lowest BCUT2D eigenvalue weighted by Crippen LogP contribution is -2.54. The third-order valence-corrected chi connectivity index (χ3v) is 7.27. The standard InChI is InChI=1S/C31H29FN2O5/c1-17-15-31(2,16-17)34-29(37)20-6-4-5-19(11-20)23-14-24-25(12-21(23)13-26(35)36)39-28(27(24)30(38)33-3)18-7-9-22(32)10-8-18/h4-12,14,17H,13,15-16H2,1-3H3,(H,33,38)(H,34,37)(H,35,36). The van der Waals surface area contributed by atoms with Gasteiger partial charge in [0.15, 0.2) is 0 Å². The van der Waals surface area contributed by atoms with Crippen molar-refractivity contribution in [1.29, 1.82) is 0 Å². The molecule has 0 unspecified atom stereocenters. The minimum absolute atomic E-state index is 0.194. The van der Waals surface area contributed by atoms with E-state index in [4.69, 9.17) is 4.42 Å². The molecule has 8 heteroatoms. The maximum atomic E-state index is 13.6. The van der Waals surface area contributed by atoms with Gasteiger partial charge in [0, 0.05) is 29.1 Å². The first-order valence-corrected chi connectivity index (χ1v) is 12.8. The van der Waals surface area contributed by atoms with Gasteiger partial charge in [-0.15, -0.1) is 0 Å². The van der Waals surface area contributed by atoms with Crippen molar-refractivity contribution in [1.82, 2.24) is 10.6 Å². The van der Waals surface area contributed by atoms with Crippen LogP contribution in [0.15, 0.2) is 65.1 Å². The number of carboxylic acids is 1. The van der Waals surface area contributed by atoms with E-state index in [1.807, 2.05) is 6.92 Å². The number of carbonyl (C=O) groups excluding carboxylic acids is 2. The van der Waals surface area contributed by atoms with Crippen LogP contribution in [0.2, 0.25) is 0 Å². The minimum atomic E-state index is -1.03. The number of aliphatic carboxylic acids is 1. The van der Waals surface area contributed by atoms with Gasteiger partial charge in [-0.2, -0.15) is 0 Å². The molecule has 1 fully saturated rings. The summed E-state index contributed by atoms with van der Waals surface area (Å²) >= 11 is 0. The van der Waals surface area contributed by atoms with Crippen LogP contribution in [0, 0.1) is 11.7 Å². The third-order valence-electron chi connectivity index (χ3n) is 7.27. The Morgan fingerprint density at radius 1 is 1.03 bits per heavy atom. The first kappa shape index (κ1) is 26.2. The van der Waals surface area contributed by atoms with Crippen LogP contribution in [-0.4, -0.2) is 35.5 Å². The second-order valence-electron chi connectivity index (χ2n) is 10.6. The van der Waals surface area contributed by atoms with Crippen LogP contribution in [0.1, 0.15) is 53.0 Å². The van der Waals surface area contributed by atoms with Crippen LogP contribution in [0.4, 0.5) is 4.39 Å². The molecule has 0 saturated heterocycles. The minimum Gasteiger partial charge on any atom is -0.481 e. The highest BCUT2D eigenvalue weighted by molar-refractivity contribution is 6.12. The van der Waals surface area contributed by atoms with E-state index in [-0.39, 0.29) is 29.2 Å². The van der Waals surface area contributed by atoms with E-state index in [0.29, 0.717) is 44.7 Å². The Bertz CT molecular complexity index is 1600. The lowest BCUT2D eigenvalue weighted by atomic mass is 9.70. The van der Waals surface area contributed by atoms with E-state index in [9.17, 15) is 23.9 Å². The van der Waals surface area contributed by atoms with Crippen LogP contribution < -0.4 is 10.6 Å². The van der Waals surface area contributed by atoms with E-state index in [0.717, 1.165) is 12.8 Å². The predicted octanol–water partition coefficient (Wildman–Crippen LogP) is 5.81. The zero-order chi connectivity index (χ0) is 27.9. The van der Waals surface area contributed by atoms with E-state index < -0.39 is 17.7 Å². The molecule has 4 aromatic rings. The van der Waals surface area contributed by atoms with E-state index in [1.165, 1.54) is 31.3 Å². The maximum absolute atomic E-state index is 13.6. The highest BCUT2D eigenvalue weighted by atomic mass is 19.1. The molecule has 39 heavy (non-hydrogen) atoms. The summed E-state index contributed by atoms with van der Waals surface area (Å²) in [4.78, 5) is 37.9. The van der Waals surface area contributed by atoms with Crippen LogP contribution >= 0.6 is 0 Å². The normalized spacial score (nSPS) is 18.4. The summed E-state index contributed by atoms with van der Waals surface area (Å²) in [6.45, 7) is 4.19. The van der Waals surface area contributed by atoms with Crippen LogP contribution in [-0.2, 0) is 11.2 Å². The van der Waals surface area contributed by atoms with Gasteiger partial charge in [-0.25, -0.2) is 4.39 Å². The number of fused-ring (bicyclic) bond motifs is 1. The zero-order valence-corrected chi connectivity index (χ0v) is 21.9. The third kappa shape index (κ3) is 5.14. The van der Waals surface area contributed by atoms with Gasteiger partial charge < -0.3 is 20.2 Å². The first-order chi connectivity index (χ1) is 18.6. The molecule has 1 aliphatic rings. The van der Waals surface area contributed by atoms with Gasteiger partial charge in [0.05, 0.1) is 12.0 Å². The van der Waals surface area contributed by atoms with Crippen LogP contribution in [0.25, 0.3) is 33.4 Å². The number of nitrogens with one attached hydrogen (secondary N) is 2. The monoisotopic (exact) mass is 528 g/mol. The predicted molar refractivity (Wildman–Crippen MR) is 146 cm³/mol. The number of halogens is 1. The Morgan fingerprint density at radius 3 is 2.38 bits per heavy atom. The van der Waals surface area contributed by atoms with Crippen LogP contribution in [0.3, 0.4) is 0 Å². The van der Waals surface area contributed by atoms with Gasteiger partial charge in [0.25, 0.3) is 11.8 Å². The van der Waals surface area contributed by atoms with Gasteiger partial charge in [-0.3, -0.25) is 14.4 Å². The summed E-state index contributed by atoms with van der Waals surface area (Å²) in [7, 11) is 1.50. The number of carboxylic acid groups (broad SMARTS) is 1. The van der Waals surface area contributed by atoms with Crippen molar-refractivity contribution < 1.29 is 28.3 Å². The molecule has 0 atom stereocenters. The first-order valence-electron chi connectivity index (χ1n) is 12.8. The molecule has 7 nitrogen and oxygen atoms in total. The molecular formula is C31H29FN2O5. The van der Waals surface area contributed by atoms with Crippen LogP contribution in [0.5, 0.6) is 0 Å². The van der Waals surface area contributed by atoms with E-state index in [1.54, 1.807) is 36.4 Å². The molecule has 0 spiro atoms. The fraction of sp³-hybridized carbons (Fsp3) is 0.258. The topological polar surface area (TPSA) is 109 Å². The lowest BCUT2D eigenvalue weighted by molar-refractivity contribution is -0.136. The SMILES string of the molecule is CNC(=O)c1c(-c2ccc(F)cc2)oc2cc(CC(=O)O)c(-c3cccc(C(=O)NC4(C)CC(C)C4)c3)cc12. The summed E-state index contributed by atoms with van der Waals surface area (Å²) < 4.78 is 19.6. The Balaban J connectivity index is 1.64. The zero-order valence-electron chi connectivity index (χ0n) is 21.9. The number of amides is 2. The molecule has 0 radical (unpaired) electrons. The summed E-state index contributed by atoms with van der Waals surface area (Å²) in [5.74, 6) is -1.24. The van der Waals surface area contributed by atoms with Crippen molar-refractivity contribution >= 4 is 28.8 Å². The quantitative estimate of drug-likeness (QED) is 0.281. The van der Waals surface area contributed by atoms with Crippen molar-refractivity contribution in [2.24, 2.45) is 5.92 Å².